The third-order valence-electron chi connectivity index (χ3n) is 6.27. The van der Waals surface area contributed by atoms with E-state index < -0.39 is 35.6 Å². The Morgan fingerprint density at radius 3 is 2.22 bits per heavy atom. The van der Waals surface area contributed by atoms with Gasteiger partial charge in [0.05, 0.1) is 44.5 Å². The Labute approximate surface area is 207 Å². The van der Waals surface area contributed by atoms with E-state index in [9.17, 15) is 14.4 Å². The predicted molar refractivity (Wildman–Crippen MR) is 130 cm³/mol. The van der Waals surface area contributed by atoms with Crippen molar-refractivity contribution >= 4 is 23.5 Å². The number of fused-ring (bicyclic) bond motifs is 1. The van der Waals surface area contributed by atoms with Gasteiger partial charge in [-0.1, -0.05) is 30.3 Å². The molecule has 0 bridgehead atoms. The number of anilines is 1. The van der Waals surface area contributed by atoms with E-state index in [1.54, 1.807) is 30.3 Å². The van der Waals surface area contributed by atoms with Gasteiger partial charge in [0.15, 0.2) is 11.5 Å². The third kappa shape index (κ3) is 4.24. The first kappa shape index (κ1) is 24.7. The van der Waals surface area contributed by atoms with E-state index in [0.29, 0.717) is 17.1 Å². The molecule has 0 fully saturated rings. The maximum absolute atomic E-state index is 15.0. The third-order valence-corrected chi connectivity index (χ3v) is 6.27. The Balaban J connectivity index is 1.90. The number of ether oxygens (including phenoxy) is 3. The average molecular weight is 493 g/mol. The van der Waals surface area contributed by atoms with Crippen LogP contribution in [0.25, 0.3) is 0 Å². The van der Waals surface area contributed by atoms with Crippen LogP contribution in [0, 0.1) is 5.82 Å². The number of methoxy groups -OCH3 is 3. The fourth-order valence-corrected chi connectivity index (χ4v) is 4.53. The summed E-state index contributed by atoms with van der Waals surface area (Å²) < 4.78 is 30.6. The van der Waals surface area contributed by atoms with E-state index in [2.05, 4.69) is 5.32 Å². The molecule has 1 aliphatic rings. The topological polar surface area (TPSA) is 94.2 Å². The van der Waals surface area contributed by atoms with Crippen molar-refractivity contribution in [3.8, 4) is 11.5 Å². The Morgan fingerprint density at radius 1 is 0.917 bits per heavy atom. The number of hydrogen-bond donors (Lipinski definition) is 1. The Hall–Kier alpha value is -4.40. The van der Waals surface area contributed by atoms with Gasteiger partial charge in [-0.3, -0.25) is 9.59 Å². The summed E-state index contributed by atoms with van der Waals surface area (Å²) in [7, 11) is 5.64. The van der Waals surface area contributed by atoms with Crippen LogP contribution in [0.1, 0.15) is 43.8 Å². The van der Waals surface area contributed by atoms with Crippen LogP contribution >= 0.6 is 0 Å². The number of benzene rings is 3. The average Bonchev–Trinajstić information content (AvgIpc) is 2.90. The number of amides is 2. The van der Waals surface area contributed by atoms with Crippen LogP contribution in [0.4, 0.5) is 10.1 Å². The Kier molecular flexibility index (Phi) is 6.91. The quantitative estimate of drug-likeness (QED) is 0.519. The summed E-state index contributed by atoms with van der Waals surface area (Å²) in [5.74, 6) is -2.56. The number of carbonyl (C=O) groups excluding carboxylic acids is 3. The SMILES string of the molecule is COC(=O)c1ccccc1NC(=O)[C@H]1c2cc(OC)c(OC)cc2C(=O)N(C)[C@H]1c1ccccc1F. The van der Waals surface area contributed by atoms with E-state index in [-0.39, 0.29) is 22.4 Å². The monoisotopic (exact) mass is 492 g/mol. The highest BCUT2D eigenvalue weighted by Gasteiger charge is 2.44. The molecule has 186 valence electrons. The minimum absolute atomic E-state index is 0.156. The number of para-hydroxylation sites is 1. The van der Waals surface area contributed by atoms with Gasteiger partial charge in [0.1, 0.15) is 5.82 Å². The lowest BCUT2D eigenvalue weighted by Crippen LogP contribution is -2.44. The highest BCUT2D eigenvalue weighted by atomic mass is 19.1. The Morgan fingerprint density at radius 2 is 1.56 bits per heavy atom. The van der Waals surface area contributed by atoms with Crippen molar-refractivity contribution < 1.29 is 33.0 Å². The summed E-state index contributed by atoms with van der Waals surface area (Å²) in [4.78, 5) is 40.9. The molecule has 1 heterocycles. The van der Waals surface area contributed by atoms with Crippen LogP contribution in [0.2, 0.25) is 0 Å². The summed E-state index contributed by atoms with van der Waals surface area (Å²) in [5.41, 5.74) is 1.13. The summed E-state index contributed by atoms with van der Waals surface area (Å²) >= 11 is 0. The molecule has 3 aromatic carbocycles. The number of likely N-dealkylation sites (N-methyl/N-ethyl adjacent to an activating group) is 1. The molecule has 36 heavy (non-hydrogen) atoms. The molecule has 0 radical (unpaired) electrons. The van der Waals surface area contributed by atoms with Gasteiger partial charge < -0.3 is 24.4 Å². The first-order valence-corrected chi connectivity index (χ1v) is 11.1. The second kappa shape index (κ2) is 10.1. The van der Waals surface area contributed by atoms with Gasteiger partial charge in [0.25, 0.3) is 5.91 Å². The molecule has 2 atom stereocenters. The summed E-state index contributed by atoms with van der Waals surface area (Å²) in [6, 6.07) is 14.5. The zero-order valence-electron chi connectivity index (χ0n) is 20.2. The van der Waals surface area contributed by atoms with E-state index in [0.717, 1.165) is 0 Å². The van der Waals surface area contributed by atoms with Gasteiger partial charge in [-0.15, -0.1) is 0 Å². The smallest absolute Gasteiger partial charge is 0.339 e. The maximum atomic E-state index is 15.0. The number of carbonyl (C=O) groups is 3. The van der Waals surface area contributed by atoms with Gasteiger partial charge in [-0.25, -0.2) is 9.18 Å². The van der Waals surface area contributed by atoms with Gasteiger partial charge >= 0.3 is 5.97 Å². The van der Waals surface area contributed by atoms with E-state index in [4.69, 9.17) is 14.2 Å². The fourth-order valence-electron chi connectivity index (χ4n) is 4.53. The van der Waals surface area contributed by atoms with Crippen LogP contribution in [-0.2, 0) is 9.53 Å². The zero-order valence-corrected chi connectivity index (χ0v) is 20.2. The van der Waals surface area contributed by atoms with Crippen LogP contribution in [-0.4, -0.2) is 51.1 Å². The lowest BCUT2D eigenvalue weighted by molar-refractivity contribution is -0.119. The number of hydrogen-bond acceptors (Lipinski definition) is 6. The fraction of sp³-hybridized carbons (Fsp3) is 0.222. The summed E-state index contributed by atoms with van der Waals surface area (Å²) in [6.45, 7) is 0. The molecule has 0 unspecified atom stereocenters. The highest BCUT2D eigenvalue weighted by molar-refractivity contribution is 6.07. The molecule has 1 aliphatic heterocycles. The molecule has 0 saturated heterocycles. The number of rotatable bonds is 6. The molecule has 1 N–H and O–H groups in total. The second-order valence-electron chi connectivity index (χ2n) is 8.18. The second-order valence-corrected chi connectivity index (χ2v) is 8.18. The standard InChI is InChI=1S/C27H25FN2O6/c1-30-24(15-9-5-7-11-19(15)28)23(17-13-21(34-2)22(35-3)14-18(17)26(30)32)25(31)29-20-12-8-6-10-16(20)27(33)36-4/h5-14,23-24H,1-4H3,(H,29,31)/t23-,24-/m0/s1. The predicted octanol–water partition coefficient (Wildman–Crippen LogP) is 4.18. The minimum Gasteiger partial charge on any atom is -0.493 e. The van der Waals surface area contributed by atoms with Crippen molar-refractivity contribution in [1.82, 2.24) is 4.90 Å². The Bertz CT molecular complexity index is 1340. The molecular formula is C27H25FN2O6. The normalized spacial score (nSPS) is 16.7. The van der Waals surface area contributed by atoms with Crippen LogP contribution in [0.15, 0.2) is 60.7 Å². The van der Waals surface area contributed by atoms with Gasteiger partial charge in [0, 0.05) is 18.2 Å². The largest absolute Gasteiger partial charge is 0.493 e. The van der Waals surface area contributed by atoms with Gasteiger partial charge in [-0.05, 0) is 35.9 Å². The molecule has 2 amide bonds. The maximum Gasteiger partial charge on any atom is 0.339 e. The number of nitrogens with zero attached hydrogens (tertiary/aromatic N) is 1. The van der Waals surface area contributed by atoms with E-state index in [1.807, 2.05) is 0 Å². The molecule has 4 rings (SSSR count). The van der Waals surface area contributed by atoms with Crippen molar-refractivity contribution in [2.45, 2.75) is 12.0 Å². The van der Waals surface area contributed by atoms with Gasteiger partial charge in [0.2, 0.25) is 5.91 Å². The van der Waals surface area contributed by atoms with Crippen molar-refractivity contribution in [3.05, 3.63) is 88.7 Å². The molecule has 0 saturated carbocycles. The lowest BCUT2D eigenvalue weighted by Gasteiger charge is -2.40. The molecule has 0 aromatic heterocycles. The molecule has 9 heteroatoms. The number of esters is 1. The van der Waals surface area contributed by atoms with E-state index in [1.165, 1.54) is 63.6 Å². The number of nitrogens with one attached hydrogen (secondary N) is 1. The summed E-state index contributed by atoms with van der Waals surface area (Å²) in [5, 5.41) is 2.78. The number of halogens is 1. The minimum atomic E-state index is -1.05. The zero-order chi connectivity index (χ0) is 26.0. The highest BCUT2D eigenvalue weighted by Crippen LogP contribution is 2.46. The van der Waals surface area contributed by atoms with Gasteiger partial charge in [-0.2, -0.15) is 0 Å². The van der Waals surface area contributed by atoms with Crippen LogP contribution in [0.3, 0.4) is 0 Å². The molecule has 3 aromatic rings. The first-order chi connectivity index (χ1) is 17.3. The molecule has 8 nitrogen and oxygen atoms in total. The van der Waals surface area contributed by atoms with Crippen molar-refractivity contribution in [2.75, 3.05) is 33.7 Å². The summed E-state index contributed by atoms with van der Waals surface area (Å²) in [6.07, 6.45) is 0. The van der Waals surface area contributed by atoms with Crippen LogP contribution < -0.4 is 14.8 Å². The molecule has 0 aliphatic carbocycles. The molecule has 0 spiro atoms. The first-order valence-electron chi connectivity index (χ1n) is 11.1. The van der Waals surface area contributed by atoms with Crippen LogP contribution in [0.5, 0.6) is 11.5 Å². The lowest BCUT2D eigenvalue weighted by atomic mass is 9.79. The van der Waals surface area contributed by atoms with Crippen molar-refractivity contribution in [3.63, 3.8) is 0 Å². The van der Waals surface area contributed by atoms with Crippen molar-refractivity contribution in [1.29, 1.82) is 0 Å². The van der Waals surface area contributed by atoms with Crippen molar-refractivity contribution in [2.24, 2.45) is 0 Å². The van der Waals surface area contributed by atoms with E-state index >= 15 is 4.39 Å². The molecular weight excluding hydrogens is 467 g/mol.